The Morgan fingerprint density at radius 3 is 2.43 bits per heavy atom. The van der Waals surface area contributed by atoms with Gasteiger partial charge < -0.3 is 10.2 Å². The predicted octanol–water partition coefficient (Wildman–Crippen LogP) is 1.41. The molecule has 0 aromatic carbocycles. The Bertz CT molecular complexity index is 590. The number of hydrogen-bond acceptors (Lipinski definition) is 6. The summed E-state index contributed by atoms with van der Waals surface area (Å²) in [4.78, 5) is 8.69. The highest BCUT2D eigenvalue weighted by Gasteiger charge is 2.34. The van der Waals surface area contributed by atoms with Crippen LogP contribution >= 0.6 is 0 Å². The van der Waals surface area contributed by atoms with Crippen LogP contribution in [0.15, 0.2) is 6.07 Å². The fourth-order valence-electron chi connectivity index (χ4n) is 1.43. The molecule has 0 amide bonds. The van der Waals surface area contributed by atoms with Gasteiger partial charge in [-0.15, -0.1) is 0 Å². The molecule has 0 bridgehead atoms. The zero-order valence-electron chi connectivity index (χ0n) is 11.9. The van der Waals surface area contributed by atoms with Crippen molar-refractivity contribution in [3.05, 3.63) is 11.8 Å². The third-order valence-corrected chi connectivity index (χ3v) is 3.45. The minimum Gasteiger partial charge on any atom is -0.358 e. The van der Waals surface area contributed by atoms with Crippen LogP contribution in [0.25, 0.3) is 0 Å². The minimum absolute atomic E-state index is 0.0110. The number of halogens is 3. The van der Waals surface area contributed by atoms with Crippen LogP contribution in [0.5, 0.6) is 0 Å². The van der Waals surface area contributed by atoms with Gasteiger partial charge in [0.15, 0.2) is 5.69 Å². The van der Waals surface area contributed by atoms with Crippen LogP contribution in [0.2, 0.25) is 0 Å². The molecular formula is C11H17F3N4O2S. The molecule has 1 rings (SSSR count). The van der Waals surface area contributed by atoms with Crippen LogP contribution in [0.4, 0.5) is 24.9 Å². The molecule has 0 saturated carbocycles. The molecule has 0 aliphatic heterocycles. The highest BCUT2D eigenvalue weighted by Crippen LogP contribution is 2.30. The van der Waals surface area contributed by atoms with Crippen molar-refractivity contribution in [1.29, 1.82) is 0 Å². The lowest BCUT2D eigenvalue weighted by molar-refractivity contribution is -0.141. The second-order valence-corrected chi connectivity index (χ2v) is 6.77. The van der Waals surface area contributed by atoms with Gasteiger partial charge in [0.05, 0.1) is 5.75 Å². The van der Waals surface area contributed by atoms with Crippen molar-refractivity contribution in [3.63, 3.8) is 0 Å². The lowest BCUT2D eigenvalue weighted by Crippen LogP contribution is -2.26. The molecule has 1 aromatic heterocycles. The Hall–Kier alpha value is -1.58. The fourth-order valence-corrected chi connectivity index (χ4v) is 2.04. The van der Waals surface area contributed by atoms with Crippen molar-refractivity contribution in [3.8, 4) is 0 Å². The average Bonchev–Trinajstić information content (AvgIpc) is 2.34. The van der Waals surface area contributed by atoms with E-state index in [2.05, 4.69) is 15.3 Å². The molecular weight excluding hydrogens is 309 g/mol. The van der Waals surface area contributed by atoms with Crippen LogP contribution in [-0.4, -0.2) is 50.5 Å². The van der Waals surface area contributed by atoms with Crippen molar-refractivity contribution in [2.24, 2.45) is 0 Å². The standard InChI is InChI=1S/C11H17F3N4O2S/c1-4-15-10-16-8(11(12,13)14)7-9(17-10)18(2)5-6-21(3,19)20/h7H,4-6H2,1-3H3,(H,15,16,17). The van der Waals surface area contributed by atoms with E-state index in [0.29, 0.717) is 6.54 Å². The Balaban J connectivity index is 3.07. The van der Waals surface area contributed by atoms with Gasteiger partial charge in [-0.05, 0) is 6.92 Å². The average molecular weight is 326 g/mol. The topological polar surface area (TPSA) is 75.2 Å². The van der Waals surface area contributed by atoms with Gasteiger partial charge in [-0.3, -0.25) is 0 Å². The maximum Gasteiger partial charge on any atom is 0.433 e. The summed E-state index contributed by atoms with van der Waals surface area (Å²) in [5.74, 6) is -0.309. The Morgan fingerprint density at radius 1 is 1.33 bits per heavy atom. The van der Waals surface area contributed by atoms with Gasteiger partial charge in [-0.25, -0.2) is 13.4 Å². The predicted molar refractivity (Wildman–Crippen MR) is 74.2 cm³/mol. The summed E-state index contributed by atoms with van der Waals surface area (Å²) < 4.78 is 60.6. The number of hydrogen-bond donors (Lipinski definition) is 1. The molecule has 0 radical (unpaired) electrons. The number of nitrogens with zero attached hydrogens (tertiary/aromatic N) is 3. The summed E-state index contributed by atoms with van der Waals surface area (Å²) in [6.45, 7) is 2.11. The summed E-state index contributed by atoms with van der Waals surface area (Å²) in [5.41, 5.74) is -1.07. The highest BCUT2D eigenvalue weighted by atomic mass is 32.2. The van der Waals surface area contributed by atoms with E-state index in [0.717, 1.165) is 12.3 Å². The maximum absolute atomic E-state index is 12.8. The number of alkyl halides is 3. The fraction of sp³-hybridized carbons (Fsp3) is 0.636. The molecule has 0 saturated heterocycles. The van der Waals surface area contributed by atoms with E-state index in [1.165, 1.54) is 11.9 Å². The van der Waals surface area contributed by atoms with Crippen LogP contribution in [0.1, 0.15) is 12.6 Å². The molecule has 10 heteroatoms. The smallest absolute Gasteiger partial charge is 0.358 e. The Kier molecular flexibility index (Phi) is 5.37. The summed E-state index contributed by atoms with van der Waals surface area (Å²) in [6, 6.07) is 0.795. The molecule has 1 N–H and O–H groups in total. The number of aromatic nitrogens is 2. The first-order chi connectivity index (χ1) is 9.53. The first kappa shape index (κ1) is 17.5. The molecule has 0 spiro atoms. The monoisotopic (exact) mass is 326 g/mol. The number of rotatable bonds is 6. The SMILES string of the molecule is CCNc1nc(N(C)CCS(C)(=O)=O)cc(C(F)(F)F)n1. The third kappa shape index (κ3) is 5.74. The summed E-state index contributed by atoms with van der Waals surface area (Å²) in [7, 11) is -1.73. The van der Waals surface area contributed by atoms with Crippen molar-refractivity contribution >= 4 is 21.6 Å². The Labute approximate surface area is 121 Å². The van der Waals surface area contributed by atoms with Gasteiger partial charge in [0.1, 0.15) is 15.7 Å². The lowest BCUT2D eigenvalue weighted by Gasteiger charge is -2.19. The quantitative estimate of drug-likeness (QED) is 0.852. The lowest BCUT2D eigenvalue weighted by atomic mass is 10.3. The van der Waals surface area contributed by atoms with Crippen LogP contribution in [-0.2, 0) is 16.0 Å². The largest absolute Gasteiger partial charge is 0.433 e. The van der Waals surface area contributed by atoms with E-state index in [4.69, 9.17) is 0 Å². The second kappa shape index (κ2) is 6.46. The zero-order valence-corrected chi connectivity index (χ0v) is 12.7. The minimum atomic E-state index is -4.60. The molecule has 21 heavy (non-hydrogen) atoms. The van der Waals surface area contributed by atoms with Gasteiger partial charge in [-0.1, -0.05) is 0 Å². The van der Waals surface area contributed by atoms with Crippen LogP contribution in [0.3, 0.4) is 0 Å². The van der Waals surface area contributed by atoms with Crippen molar-refractivity contribution < 1.29 is 21.6 Å². The van der Waals surface area contributed by atoms with E-state index in [1.807, 2.05) is 0 Å². The summed E-state index contributed by atoms with van der Waals surface area (Å²) in [5, 5.41) is 2.62. The first-order valence-corrected chi connectivity index (χ1v) is 8.18. The van der Waals surface area contributed by atoms with E-state index >= 15 is 0 Å². The molecule has 0 aliphatic rings. The van der Waals surface area contributed by atoms with Crippen molar-refractivity contribution in [2.45, 2.75) is 13.1 Å². The first-order valence-electron chi connectivity index (χ1n) is 6.12. The third-order valence-electron chi connectivity index (χ3n) is 2.53. The number of sulfone groups is 1. The number of nitrogens with one attached hydrogen (secondary N) is 1. The molecule has 120 valence electrons. The number of anilines is 2. The second-order valence-electron chi connectivity index (χ2n) is 4.51. The molecule has 0 fully saturated rings. The van der Waals surface area contributed by atoms with Crippen molar-refractivity contribution in [2.75, 3.05) is 42.4 Å². The molecule has 0 aliphatic carbocycles. The summed E-state index contributed by atoms with van der Waals surface area (Å²) >= 11 is 0. The summed E-state index contributed by atoms with van der Waals surface area (Å²) in [6.07, 6.45) is -3.54. The van der Waals surface area contributed by atoms with Gasteiger partial charge in [0.2, 0.25) is 5.95 Å². The van der Waals surface area contributed by atoms with Gasteiger partial charge in [-0.2, -0.15) is 18.2 Å². The molecule has 1 aromatic rings. The van der Waals surface area contributed by atoms with Crippen molar-refractivity contribution in [1.82, 2.24) is 9.97 Å². The molecule has 6 nitrogen and oxygen atoms in total. The highest BCUT2D eigenvalue weighted by molar-refractivity contribution is 7.90. The van der Waals surface area contributed by atoms with E-state index in [9.17, 15) is 21.6 Å². The van der Waals surface area contributed by atoms with Gasteiger partial charge >= 0.3 is 6.18 Å². The van der Waals surface area contributed by atoms with E-state index < -0.39 is 21.7 Å². The zero-order chi connectivity index (χ0) is 16.3. The molecule has 1 heterocycles. The maximum atomic E-state index is 12.8. The molecule has 0 unspecified atom stereocenters. The van der Waals surface area contributed by atoms with E-state index in [1.54, 1.807) is 6.92 Å². The van der Waals surface area contributed by atoms with E-state index in [-0.39, 0.29) is 24.1 Å². The van der Waals surface area contributed by atoms with Crippen LogP contribution < -0.4 is 10.2 Å². The van der Waals surface area contributed by atoms with Crippen LogP contribution in [0, 0.1) is 0 Å². The molecule has 0 atom stereocenters. The van der Waals surface area contributed by atoms with Gasteiger partial charge in [0, 0.05) is 32.5 Å². The normalized spacial score (nSPS) is 12.3. The van der Waals surface area contributed by atoms with Gasteiger partial charge in [0.25, 0.3) is 0 Å². The Morgan fingerprint density at radius 2 is 1.95 bits per heavy atom.